The minimum absolute atomic E-state index is 0.187. The molecule has 0 saturated carbocycles. The summed E-state index contributed by atoms with van der Waals surface area (Å²) in [4.78, 5) is 4.47. The van der Waals surface area contributed by atoms with E-state index in [1.807, 2.05) is 28.8 Å². The Kier molecular flexibility index (Phi) is 4.31. The second kappa shape index (κ2) is 6.39. The number of nitrogens with zero attached hydrogens (tertiary/aromatic N) is 2. The molecule has 1 aromatic heterocycles. The van der Waals surface area contributed by atoms with Crippen molar-refractivity contribution in [1.82, 2.24) is 14.3 Å². The highest BCUT2D eigenvalue weighted by Gasteiger charge is 2.14. The van der Waals surface area contributed by atoms with Crippen LogP contribution < -0.4 is 9.46 Å². The van der Waals surface area contributed by atoms with E-state index < -0.39 is 10.0 Å². The van der Waals surface area contributed by atoms with Crippen molar-refractivity contribution in [2.45, 2.75) is 11.4 Å². The number of methoxy groups -OCH3 is 1. The Bertz CT molecular complexity index is 919. The van der Waals surface area contributed by atoms with Gasteiger partial charge in [-0.2, -0.15) is 0 Å². The molecule has 23 heavy (non-hydrogen) atoms. The number of nitrogens with one attached hydrogen (secondary N) is 1. The van der Waals surface area contributed by atoms with Crippen LogP contribution in [0.5, 0.6) is 5.75 Å². The molecular weight excluding hydrogens is 314 g/mol. The summed E-state index contributed by atoms with van der Waals surface area (Å²) in [7, 11) is -2.06. The Balaban J connectivity index is 1.70. The van der Waals surface area contributed by atoms with Gasteiger partial charge < -0.3 is 9.30 Å². The van der Waals surface area contributed by atoms with Crippen molar-refractivity contribution in [2.75, 3.05) is 13.7 Å². The summed E-state index contributed by atoms with van der Waals surface area (Å²) in [5, 5.41) is 0. The lowest BCUT2D eigenvalue weighted by Crippen LogP contribution is -2.27. The van der Waals surface area contributed by atoms with Gasteiger partial charge in [0.1, 0.15) is 5.75 Å². The fraction of sp³-hybridized carbons (Fsp3) is 0.188. The number of imidazole rings is 1. The Morgan fingerprint density at radius 3 is 2.83 bits per heavy atom. The Labute approximate surface area is 134 Å². The van der Waals surface area contributed by atoms with Gasteiger partial charge in [-0.15, -0.1) is 0 Å². The summed E-state index contributed by atoms with van der Waals surface area (Å²) < 4.78 is 34.2. The zero-order valence-electron chi connectivity index (χ0n) is 12.6. The topological polar surface area (TPSA) is 73.2 Å². The first-order chi connectivity index (χ1) is 11.1. The minimum atomic E-state index is -3.56. The van der Waals surface area contributed by atoms with Crippen molar-refractivity contribution in [3.63, 3.8) is 0 Å². The van der Waals surface area contributed by atoms with Crippen molar-refractivity contribution in [2.24, 2.45) is 0 Å². The molecule has 0 fully saturated rings. The molecule has 0 aliphatic heterocycles. The van der Waals surface area contributed by atoms with Crippen LogP contribution in [-0.2, 0) is 16.6 Å². The first-order valence-corrected chi connectivity index (χ1v) is 8.62. The van der Waals surface area contributed by atoms with Crippen LogP contribution in [0.15, 0.2) is 59.8 Å². The fourth-order valence-electron chi connectivity index (χ4n) is 2.34. The van der Waals surface area contributed by atoms with E-state index in [-0.39, 0.29) is 11.4 Å². The van der Waals surface area contributed by atoms with E-state index in [0.717, 1.165) is 11.0 Å². The van der Waals surface area contributed by atoms with Gasteiger partial charge in [-0.05, 0) is 24.3 Å². The third kappa shape index (κ3) is 3.35. The lowest BCUT2D eigenvalue weighted by molar-refractivity contribution is 0.413. The second-order valence-electron chi connectivity index (χ2n) is 5.00. The minimum Gasteiger partial charge on any atom is -0.497 e. The van der Waals surface area contributed by atoms with Crippen LogP contribution in [0, 0.1) is 0 Å². The van der Waals surface area contributed by atoms with E-state index in [2.05, 4.69) is 9.71 Å². The molecule has 2 aromatic carbocycles. The molecule has 0 bridgehead atoms. The maximum atomic E-state index is 12.3. The van der Waals surface area contributed by atoms with Gasteiger partial charge in [-0.3, -0.25) is 0 Å². The van der Waals surface area contributed by atoms with Crippen LogP contribution in [0.4, 0.5) is 0 Å². The van der Waals surface area contributed by atoms with Crippen LogP contribution in [-0.4, -0.2) is 31.6 Å². The molecule has 120 valence electrons. The molecule has 0 spiro atoms. The quantitative estimate of drug-likeness (QED) is 0.750. The van der Waals surface area contributed by atoms with Gasteiger partial charge in [-0.25, -0.2) is 18.1 Å². The standard InChI is InChI=1S/C16H17N3O3S/c1-22-13-5-4-6-14(11-13)23(20,21)18-9-10-19-12-17-15-7-2-3-8-16(15)19/h2-8,11-12,18H,9-10H2,1H3. The predicted molar refractivity (Wildman–Crippen MR) is 87.9 cm³/mol. The Hall–Kier alpha value is -2.38. The van der Waals surface area contributed by atoms with Crippen LogP contribution in [0.25, 0.3) is 11.0 Å². The van der Waals surface area contributed by atoms with Crippen molar-refractivity contribution >= 4 is 21.1 Å². The number of sulfonamides is 1. The van der Waals surface area contributed by atoms with Gasteiger partial charge in [0.05, 0.1) is 29.4 Å². The number of para-hydroxylation sites is 2. The molecule has 0 aliphatic rings. The van der Waals surface area contributed by atoms with Crippen LogP contribution in [0.2, 0.25) is 0 Å². The highest BCUT2D eigenvalue weighted by atomic mass is 32.2. The first-order valence-electron chi connectivity index (χ1n) is 7.14. The zero-order valence-corrected chi connectivity index (χ0v) is 13.5. The summed E-state index contributed by atoms with van der Waals surface area (Å²) in [6.45, 7) is 0.781. The number of benzene rings is 2. The highest BCUT2D eigenvalue weighted by molar-refractivity contribution is 7.89. The number of hydrogen-bond acceptors (Lipinski definition) is 4. The van der Waals surface area contributed by atoms with Crippen molar-refractivity contribution in [3.8, 4) is 5.75 Å². The third-order valence-electron chi connectivity index (χ3n) is 3.52. The van der Waals surface area contributed by atoms with Crippen molar-refractivity contribution in [3.05, 3.63) is 54.9 Å². The number of rotatable bonds is 6. The molecule has 0 aliphatic carbocycles. The van der Waals surface area contributed by atoms with Crippen LogP contribution in [0.3, 0.4) is 0 Å². The molecule has 0 atom stereocenters. The highest BCUT2D eigenvalue weighted by Crippen LogP contribution is 2.17. The predicted octanol–water partition coefficient (Wildman–Crippen LogP) is 2.02. The zero-order chi connectivity index (χ0) is 16.3. The molecular formula is C16H17N3O3S. The maximum Gasteiger partial charge on any atom is 0.240 e. The maximum absolute atomic E-state index is 12.3. The monoisotopic (exact) mass is 331 g/mol. The molecule has 7 heteroatoms. The Morgan fingerprint density at radius 1 is 1.17 bits per heavy atom. The van der Waals surface area contributed by atoms with E-state index in [4.69, 9.17) is 4.74 Å². The number of hydrogen-bond donors (Lipinski definition) is 1. The number of aromatic nitrogens is 2. The van der Waals surface area contributed by atoms with Crippen molar-refractivity contribution < 1.29 is 13.2 Å². The van der Waals surface area contributed by atoms with Crippen LogP contribution in [0.1, 0.15) is 0 Å². The van der Waals surface area contributed by atoms with Gasteiger partial charge in [-0.1, -0.05) is 18.2 Å². The van der Waals surface area contributed by atoms with Gasteiger partial charge >= 0.3 is 0 Å². The summed E-state index contributed by atoms with van der Waals surface area (Å²) in [5.74, 6) is 0.508. The summed E-state index contributed by atoms with van der Waals surface area (Å²) in [6, 6.07) is 14.1. The van der Waals surface area contributed by atoms with Gasteiger partial charge in [0.15, 0.2) is 0 Å². The molecule has 0 saturated heterocycles. The van der Waals surface area contributed by atoms with Crippen LogP contribution >= 0.6 is 0 Å². The van der Waals surface area contributed by atoms with E-state index in [1.54, 1.807) is 18.5 Å². The first kappa shape index (κ1) is 15.5. The Morgan fingerprint density at radius 2 is 2.00 bits per heavy atom. The lowest BCUT2D eigenvalue weighted by Gasteiger charge is -2.09. The number of fused-ring (bicyclic) bond motifs is 1. The molecule has 6 nitrogen and oxygen atoms in total. The summed E-state index contributed by atoms with van der Waals surface area (Å²) in [6.07, 6.45) is 1.71. The molecule has 0 unspecified atom stereocenters. The molecule has 0 radical (unpaired) electrons. The molecule has 0 amide bonds. The van der Waals surface area contributed by atoms with Gasteiger partial charge in [0.2, 0.25) is 10.0 Å². The molecule has 1 N–H and O–H groups in total. The van der Waals surface area contributed by atoms with E-state index in [9.17, 15) is 8.42 Å². The average Bonchev–Trinajstić information content (AvgIpc) is 2.98. The molecule has 3 aromatic rings. The fourth-order valence-corrected chi connectivity index (χ4v) is 3.40. The molecule has 3 rings (SSSR count). The largest absolute Gasteiger partial charge is 0.497 e. The smallest absolute Gasteiger partial charge is 0.240 e. The van der Waals surface area contributed by atoms with E-state index in [0.29, 0.717) is 12.3 Å². The van der Waals surface area contributed by atoms with E-state index >= 15 is 0 Å². The molecule has 1 heterocycles. The second-order valence-corrected chi connectivity index (χ2v) is 6.77. The summed E-state index contributed by atoms with van der Waals surface area (Å²) in [5.41, 5.74) is 1.87. The SMILES string of the molecule is COc1cccc(S(=O)(=O)NCCn2cnc3ccccc32)c1. The normalized spacial score (nSPS) is 11.7. The number of ether oxygens (including phenoxy) is 1. The van der Waals surface area contributed by atoms with Gasteiger partial charge in [0, 0.05) is 19.2 Å². The third-order valence-corrected chi connectivity index (χ3v) is 4.98. The van der Waals surface area contributed by atoms with Gasteiger partial charge in [0.25, 0.3) is 0 Å². The van der Waals surface area contributed by atoms with E-state index in [1.165, 1.54) is 19.2 Å². The summed E-state index contributed by atoms with van der Waals surface area (Å²) >= 11 is 0. The lowest BCUT2D eigenvalue weighted by atomic mass is 10.3. The van der Waals surface area contributed by atoms with Crippen molar-refractivity contribution in [1.29, 1.82) is 0 Å². The average molecular weight is 331 g/mol.